The Morgan fingerprint density at radius 2 is 1.96 bits per heavy atom. The van der Waals surface area contributed by atoms with Crippen LogP contribution in [0.3, 0.4) is 0 Å². The third-order valence-corrected chi connectivity index (χ3v) is 6.31. The second-order valence-electron chi connectivity index (χ2n) is 7.38. The fourth-order valence-corrected chi connectivity index (χ4v) is 5.25. The van der Waals surface area contributed by atoms with Gasteiger partial charge in [0.1, 0.15) is 11.8 Å². The number of hydrogen-bond donors (Lipinski definition) is 1. The highest BCUT2D eigenvalue weighted by molar-refractivity contribution is 7.89. The zero-order valence-corrected chi connectivity index (χ0v) is 14.6. The predicted molar refractivity (Wildman–Crippen MR) is 83.3 cm³/mol. The highest BCUT2D eigenvalue weighted by atomic mass is 32.2. The van der Waals surface area contributed by atoms with Gasteiger partial charge in [-0.3, -0.25) is 19.3 Å². The second-order valence-corrected chi connectivity index (χ2v) is 9.18. The average Bonchev–Trinajstić information content (AvgIpc) is 2.90. The van der Waals surface area contributed by atoms with Gasteiger partial charge in [-0.2, -0.15) is 0 Å². The van der Waals surface area contributed by atoms with Crippen molar-refractivity contribution < 1.29 is 27.5 Å². The molecular weight excluding hydrogens is 336 g/mol. The first-order chi connectivity index (χ1) is 11.1. The summed E-state index contributed by atoms with van der Waals surface area (Å²) in [6.07, 6.45) is 0.811. The number of rotatable bonds is 5. The Bertz CT molecular complexity index is 678. The van der Waals surface area contributed by atoms with Crippen molar-refractivity contribution in [1.82, 2.24) is 9.62 Å². The number of ketones is 1. The van der Waals surface area contributed by atoms with Crippen LogP contribution in [0.4, 0.5) is 0 Å². The van der Waals surface area contributed by atoms with E-state index < -0.39 is 28.1 Å². The van der Waals surface area contributed by atoms with Crippen LogP contribution in [0.1, 0.15) is 39.5 Å². The van der Waals surface area contributed by atoms with Crippen molar-refractivity contribution >= 4 is 27.6 Å². The zero-order chi connectivity index (χ0) is 17.7. The molecule has 1 aliphatic carbocycles. The van der Waals surface area contributed by atoms with E-state index in [-0.39, 0.29) is 35.3 Å². The normalized spacial score (nSPS) is 29.8. The summed E-state index contributed by atoms with van der Waals surface area (Å²) in [5.41, 5.74) is -0.190. The second kappa shape index (κ2) is 5.89. The Labute approximate surface area is 140 Å². The molecule has 3 rings (SSSR count). The number of nitrogens with one attached hydrogen (secondary N) is 1. The first kappa shape index (κ1) is 17.5. The van der Waals surface area contributed by atoms with Crippen LogP contribution >= 0.6 is 0 Å². The summed E-state index contributed by atoms with van der Waals surface area (Å²) >= 11 is 0. The standard InChI is InChI=1S/C15H22N2O6S/c1-9(2)17-13(19)3-12(14(17)20)16-24(21,22)7-11-6-15(8-23-11)4-10(18)5-15/h9,11-12,16H,3-8H2,1-2H3. The van der Waals surface area contributed by atoms with E-state index >= 15 is 0 Å². The maximum atomic E-state index is 12.3. The number of amides is 2. The molecular formula is C15H22N2O6S. The molecule has 0 aromatic heterocycles. The Hall–Kier alpha value is -1.32. The van der Waals surface area contributed by atoms with Crippen LogP contribution in [0.5, 0.6) is 0 Å². The van der Waals surface area contributed by atoms with Gasteiger partial charge in [-0.1, -0.05) is 0 Å². The van der Waals surface area contributed by atoms with Crippen LogP contribution in [0.15, 0.2) is 0 Å². The lowest BCUT2D eigenvalue weighted by Gasteiger charge is -2.34. The minimum Gasteiger partial charge on any atom is -0.376 e. The van der Waals surface area contributed by atoms with Crippen LogP contribution in [0.25, 0.3) is 0 Å². The van der Waals surface area contributed by atoms with Gasteiger partial charge in [-0.15, -0.1) is 0 Å². The molecule has 9 heteroatoms. The minimum absolute atomic E-state index is 0.153. The quantitative estimate of drug-likeness (QED) is 0.669. The average molecular weight is 358 g/mol. The topological polar surface area (TPSA) is 110 Å². The molecule has 0 aromatic carbocycles. The van der Waals surface area contributed by atoms with E-state index in [1.54, 1.807) is 13.8 Å². The van der Waals surface area contributed by atoms with E-state index in [1.807, 2.05) is 0 Å². The van der Waals surface area contributed by atoms with Gasteiger partial charge >= 0.3 is 0 Å². The number of ether oxygens (including phenoxy) is 1. The number of imide groups is 1. The molecule has 2 heterocycles. The van der Waals surface area contributed by atoms with Gasteiger partial charge in [0.05, 0.1) is 24.9 Å². The Kier molecular flexibility index (Phi) is 4.29. The summed E-state index contributed by atoms with van der Waals surface area (Å²) in [5, 5.41) is 0. The number of likely N-dealkylation sites (tertiary alicyclic amines) is 1. The van der Waals surface area contributed by atoms with E-state index in [0.717, 1.165) is 4.90 Å². The lowest BCUT2D eigenvalue weighted by atomic mass is 9.67. The van der Waals surface area contributed by atoms with Crippen LogP contribution in [0.2, 0.25) is 0 Å². The first-order valence-corrected chi connectivity index (χ1v) is 9.75. The maximum Gasteiger partial charge on any atom is 0.248 e. The zero-order valence-electron chi connectivity index (χ0n) is 13.8. The molecule has 1 saturated carbocycles. The molecule has 24 heavy (non-hydrogen) atoms. The maximum absolute atomic E-state index is 12.3. The van der Waals surface area contributed by atoms with E-state index in [2.05, 4.69) is 4.72 Å². The summed E-state index contributed by atoms with van der Waals surface area (Å²) < 4.78 is 32.5. The van der Waals surface area contributed by atoms with Gasteiger partial charge in [0.25, 0.3) is 0 Å². The SMILES string of the molecule is CC(C)N1C(=O)CC(NS(=O)(=O)CC2CC3(CO2)CC(=O)C3)C1=O. The predicted octanol–water partition coefficient (Wildman–Crippen LogP) is -0.420. The highest BCUT2D eigenvalue weighted by Gasteiger charge is 2.50. The molecule has 0 bridgehead atoms. The Balaban J connectivity index is 1.58. The molecule has 3 aliphatic rings. The van der Waals surface area contributed by atoms with Crippen LogP contribution < -0.4 is 4.72 Å². The molecule has 2 atom stereocenters. The fourth-order valence-electron chi connectivity index (χ4n) is 3.83. The van der Waals surface area contributed by atoms with Crippen molar-refractivity contribution in [3.63, 3.8) is 0 Å². The van der Waals surface area contributed by atoms with Gasteiger partial charge in [-0.05, 0) is 20.3 Å². The Morgan fingerprint density at radius 1 is 1.29 bits per heavy atom. The monoisotopic (exact) mass is 358 g/mol. The third kappa shape index (κ3) is 3.25. The van der Waals surface area contributed by atoms with Gasteiger partial charge in [0, 0.05) is 24.3 Å². The minimum atomic E-state index is -3.76. The number of Topliss-reactive ketones (excluding diaryl/α,β-unsaturated/α-hetero) is 1. The van der Waals surface area contributed by atoms with Crippen molar-refractivity contribution in [2.45, 2.75) is 57.7 Å². The van der Waals surface area contributed by atoms with Crippen LogP contribution in [0, 0.1) is 5.41 Å². The number of carbonyl (C=O) groups excluding carboxylic acids is 3. The van der Waals surface area contributed by atoms with Crippen molar-refractivity contribution in [3.05, 3.63) is 0 Å². The van der Waals surface area contributed by atoms with Gasteiger partial charge < -0.3 is 4.74 Å². The van der Waals surface area contributed by atoms with Gasteiger partial charge in [-0.25, -0.2) is 13.1 Å². The van der Waals surface area contributed by atoms with Crippen molar-refractivity contribution in [2.75, 3.05) is 12.4 Å². The molecule has 2 aliphatic heterocycles. The van der Waals surface area contributed by atoms with Crippen molar-refractivity contribution in [3.8, 4) is 0 Å². The molecule has 2 saturated heterocycles. The molecule has 0 aromatic rings. The highest BCUT2D eigenvalue weighted by Crippen LogP contribution is 2.47. The van der Waals surface area contributed by atoms with E-state index in [0.29, 0.717) is 25.9 Å². The smallest absolute Gasteiger partial charge is 0.248 e. The summed E-state index contributed by atoms with van der Waals surface area (Å²) in [6, 6.07) is -1.33. The first-order valence-electron chi connectivity index (χ1n) is 8.10. The molecule has 1 N–H and O–H groups in total. The van der Waals surface area contributed by atoms with Crippen LogP contribution in [-0.4, -0.2) is 61.5 Å². The molecule has 1 spiro atoms. The lowest BCUT2D eigenvalue weighted by molar-refractivity contribution is -0.140. The lowest BCUT2D eigenvalue weighted by Crippen LogP contribution is -2.45. The van der Waals surface area contributed by atoms with Crippen molar-refractivity contribution in [1.29, 1.82) is 0 Å². The third-order valence-electron chi connectivity index (χ3n) is 4.86. The summed E-state index contributed by atoms with van der Waals surface area (Å²) in [5.74, 6) is -0.953. The molecule has 0 radical (unpaired) electrons. The molecule has 2 amide bonds. The van der Waals surface area contributed by atoms with E-state index in [9.17, 15) is 22.8 Å². The summed E-state index contributed by atoms with van der Waals surface area (Å²) in [7, 11) is -3.76. The van der Waals surface area contributed by atoms with E-state index in [4.69, 9.17) is 4.74 Å². The largest absolute Gasteiger partial charge is 0.376 e. The number of nitrogens with zero attached hydrogens (tertiary/aromatic N) is 1. The summed E-state index contributed by atoms with van der Waals surface area (Å²) in [4.78, 5) is 36.3. The van der Waals surface area contributed by atoms with E-state index in [1.165, 1.54) is 0 Å². The number of hydrogen-bond acceptors (Lipinski definition) is 6. The van der Waals surface area contributed by atoms with Crippen molar-refractivity contribution in [2.24, 2.45) is 5.41 Å². The summed E-state index contributed by atoms with van der Waals surface area (Å²) in [6.45, 7) is 3.82. The van der Waals surface area contributed by atoms with Crippen LogP contribution in [-0.2, 0) is 29.1 Å². The Morgan fingerprint density at radius 3 is 2.50 bits per heavy atom. The molecule has 3 fully saturated rings. The fraction of sp³-hybridized carbons (Fsp3) is 0.800. The van der Waals surface area contributed by atoms with Gasteiger partial charge in [0.15, 0.2) is 0 Å². The molecule has 134 valence electrons. The van der Waals surface area contributed by atoms with Gasteiger partial charge in [0.2, 0.25) is 21.8 Å². The molecule has 8 nitrogen and oxygen atoms in total. The molecule has 2 unspecified atom stereocenters. The number of sulfonamides is 1. The number of carbonyl (C=O) groups is 3.